The molecule has 0 aliphatic rings. The molecule has 1 heterocycles. The minimum Gasteiger partial charge on any atom is -0.396 e. The summed E-state index contributed by atoms with van der Waals surface area (Å²) in [6.45, 7) is 1.18. The number of hydrogen-bond acceptors (Lipinski definition) is 4. The van der Waals surface area contributed by atoms with E-state index in [4.69, 9.17) is 5.11 Å². The summed E-state index contributed by atoms with van der Waals surface area (Å²) < 4.78 is 0. The highest BCUT2D eigenvalue weighted by atomic mass is 16.3. The predicted molar refractivity (Wildman–Crippen MR) is 81.9 cm³/mol. The lowest BCUT2D eigenvalue weighted by Crippen LogP contribution is -2.20. The minimum absolute atomic E-state index is 0.00794. The third kappa shape index (κ3) is 3.26. The van der Waals surface area contributed by atoms with E-state index in [1.807, 2.05) is 31.3 Å². The molecule has 0 bridgehead atoms. The van der Waals surface area contributed by atoms with E-state index in [2.05, 4.69) is 9.88 Å². The predicted octanol–water partition coefficient (Wildman–Crippen LogP) is 2.33. The summed E-state index contributed by atoms with van der Waals surface area (Å²) in [5.74, 6) is 0.946. The van der Waals surface area contributed by atoms with Crippen LogP contribution >= 0.6 is 0 Å². The molecule has 0 atom stereocenters. The maximum absolute atomic E-state index is 9.39. The van der Waals surface area contributed by atoms with Gasteiger partial charge in [0.1, 0.15) is 5.82 Å². The zero-order valence-corrected chi connectivity index (χ0v) is 11.9. The molecular weight excluding hydrogens is 252 g/mol. The van der Waals surface area contributed by atoms with Crippen molar-refractivity contribution in [1.82, 2.24) is 4.98 Å². The molecule has 0 amide bonds. The molecule has 0 saturated carbocycles. The molecule has 2 N–H and O–H groups in total. The largest absolute Gasteiger partial charge is 0.396 e. The Bertz CT molecular complexity index is 557. The zero-order chi connectivity index (χ0) is 14.4. The number of pyridine rings is 1. The van der Waals surface area contributed by atoms with E-state index in [1.54, 1.807) is 6.20 Å². The first-order valence-corrected chi connectivity index (χ1v) is 7.07. The smallest absolute Gasteiger partial charge is 0.136 e. The van der Waals surface area contributed by atoms with Crippen LogP contribution in [0.15, 0.2) is 30.5 Å². The Morgan fingerprint density at radius 1 is 1.05 bits per heavy atom. The normalized spacial score (nSPS) is 10.9. The Labute approximate surface area is 119 Å². The average Bonchev–Trinajstić information content (AvgIpc) is 2.50. The summed E-state index contributed by atoms with van der Waals surface area (Å²) in [5, 5.41) is 20.3. The quantitative estimate of drug-likeness (QED) is 0.761. The fraction of sp³-hybridized carbons (Fsp3) is 0.438. The Morgan fingerprint density at radius 3 is 2.50 bits per heavy atom. The molecule has 4 heteroatoms. The van der Waals surface area contributed by atoms with Crippen LogP contribution in [0, 0.1) is 0 Å². The van der Waals surface area contributed by atoms with Crippen molar-refractivity contribution in [2.75, 3.05) is 25.1 Å². The molecule has 0 aliphatic heterocycles. The van der Waals surface area contributed by atoms with Gasteiger partial charge in [-0.1, -0.05) is 24.3 Å². The van der Waals surface area contributed by atoms with E-state index in [0.29, 0.717) is 0 Å². The van der Waals surface area contributed by atoms with Crippen LogP contribution in [0.3, 0.4) is 0 Å². The number of nitrogens with zero attached hydrogens (tertiary/aromatic N) is 2. The molecule has 0 unspecified atom stereocenters. The summed E-state index contributed by atoms with van der Waals surface area (Å²) >= 11 is 0. The van der Waals surface area contributed by atoms with Crippen LogP contribution in [-0.2, 0) is 6.61 Å². The number of anilines is 1. The number of benzene rings is 1. The SMILES string of the molecule is CN(CCCCCO)c1ncc(CO)c2ccccc12. The first-order chi connectivity index (χ1) is 9.77. The Kier molecular flexibility index (Phi) is 5.32. The molecule has 0 aliphatic carbocycles. The molecule has 0 saturated heterocycles. The zero-order valence-electron chi connectivity index (χ0n) is 11.9. The van der Waals surface area contributed by atoms with Crippen molar-refractivity contribution in [3.8, 4) is 0 Å². The summed E-state index contributed by atoms with van der Waals surface area (Å²) in [6, 6.07) is 8.04. The van der Waals surface area contributed by atoms with Gasteiger partial charge in [0.25, 0.3) is 0 Å². The first-order valence-electron chi connectivity index (χ1n) is 7.07. The molecule has 108 valence electrons. The number of aliphatic hydroxyl groups is 2. The fourth-order valence-electron chi connectivity index (χ4n) is 2.41. The van der Waals surface area contributed by atoms with Gasteiger partial charge in [-0.3, -0.25) is 0 Å². The van der Waals surface area contributed by atoms with Crippen LogP contribution in [0.2, 0.25) is 0 Å². The summed E-state index contributed by atoms with van der Waals surface area (Å²) in [5.41, 5.74) is 0.859. The van der Waals surface area contributed by atoms with Crippen molar-refractivity contribution in [2.24, 2.45) is 0 Å². The van der Waals surface area contributed by atoms with Crippen molar-refractivity contribution in [1.29, 1.82) is 0 Å². The van der Waals surface area contributed by atoms with Gasteiger partial charge in [0.2, 0.25) is 0 Å². The Hall–Kier alpha value is -1.65. The van der Waals surface area contributed by atoms with Crippen molar-refractivity contribution in [3.63, 3.8) is 0 Å². The molecule has 2 rings (SSSR count). The molecule has 0 fully saturated rings. The first kappa shape index (κ1) is 14.8. The number of unbranched alkanes of at least 4 members (excludes halogenated alkanes) is 2. The van der Waals surface area contributed by atoms with Gasteiger partial charge >= 0.3 is 0 Å². The van der Waals surface area contributed by atoms with E-state index in [-0.39, 0.29) is 13.2 Å². The van der Waals surface area contributed by atoms with Crippen LogP contribution in [0.4, 0.5) is 5.82 Å². The van der Waals surface area contributed by atoms with E-state index >= 15 is 0 Å². The van der Waals surface area contributed by atoms with Gasteiger partial charge in [-0.15, -0.1) is 0 Å². The second-order valence-corrected chi connectivity index (χ2v) is 5.02. The number of hydrogen-bond donors (Lipinski definition) is 2. The topological polar surface area (TPSA) is 56.6 Å². The van der Waals surface area contributed by atoms with E-state index in [9.17, 15) is 5.11 Å². The lowest BCUT2D eigenvalue weighted by molar-refractivity contribution is 0.283. The van der Waals surface area contributed by atoms with Crippen LogP contribution in [0.1, 0.15) is 24.8 Å². The molecule has 4 nitrogen and oxygen atoms in total. The van der Waals surface area contributed by atoms with Gasteiger partial charge in [-0.25, -0.2) is 4.98 Å². The van der Waals surface area contributed by atoms with Crippen molar-refractivity contribution < 1.29 is 10.2 Å². The van der Waals surface area contributed by atoms with Crippen LogP contribution < -0.4 is 4.90 Å². The highest BCUT2D eigenvalue weighted by molar-refractivity contribution is 5.94. The van der Waals surface area contributed by atoms with Crippen molar-refractivity contribution in [3.05, 3.63) is 36.0 Å². The number of aromatic nitrogens is 1. The Balaban J connectivity index is 2.21. The maximum atomic E-state index is 9.39. The van der Waals surface area contributed by atoms with Gasteiger partial charge in [-0.2, -0.15) is 0 Å². The third-order valence-corrected chi connectivity index (χ3v) is 3.54. The van der Waals surface area contributed by atoms with Crippen LogP contribution in [0.25, 0.3) is 10.8 Å². The molecule has 0 radical (unpaired) electrons. The molecule has 2 aromatic rings. The van der Waals surface area contributed by atoms with Gasteiger partial charge in [0, 0.05) is 37.3 Å². The summed E-state index contributed by atoms with van der Waals surface area (Å²) in [7, 11) is 2.03. The van der Waals surface area contributed by atoms with Crippen molar-refractivity contribution in [2.45, 2.75) is 25.9 Å². The fourth-order valence-corrected chi connectivity index (χ4v) is 2.41. The highest BCUT2D eigenvalue weighted by Crippen LogP contribution is 2.26. The molecule has 20 heavy (non-hydrogen) atoms. The van der Waals surface area contributed by atoms with Gasteiger partial charge < -0.3 is 15.1 Å². The standard InChI is InChI=1S/C16H22N2O2/c1-18(9-5-2-6-10-19)16-15-8-4-3-7-14(15)13(12-20)11-17-16/h3-4,7-8,11,19-20H,2,5-6,9-10,12H2,1H3. The highest BCUT2D eigenvalue weighted by Gasteiger charge is 2.10. The number of aliphatic hydroxyl groups excluding tert-OH is 2. The average molecular weight is 274 g/mol. The van der Waals surface area contributed by atoms with Crippen molar-refractivity contribution >= 4 is 16.6 Å². The van der Waals surface area contributed by atoms with Gasteiger partial charge in [0.15, 0.2) is 0 Å². The third-order valence-electron chi connectivity index (χ3n) is 3.54. The van der Waals surface area contributed by atoms with Crippen LogP contribution in [-0.4, -0.2) is 35.4 Å². The van der Waals surface area contributed by atoms with E-state index in [1.165, 1.54) is 0 Å². The van der Waals surface area contributed by atoms with E-state index in [0.717, 1.165) is 48.0 Å². The molecule has 1 aromatic heterocycles. The number of fused-ring (bicyclic) bond motifs is 1. The lowest BCUT2D eigenvalue weighted by atomic mass is 10.1. The maximum Gasteiger partial charge on any atom is 0.136 e. The molecule has 1 aromatic carbocycles. The Morgan fingerprint density at radius 2 is 1.80 bits per heavy atom. The lowest BCUT2D eigenvalue weighted by Gasteiger charge is -2.20. The number of rotatable bonds is 7. The summed E-state index contributed by atoms with van der Waals surface area (Å²) in [6.07, 6.45) is 4.66. The molecular formula is C16H22N2O2. The monoisotopic (exact) mass is 274 g/mol. The second-order valence-electron chi connectivity index (χ2n) is 5.02. The van der Waals surface area contributed by atoms with E-state index < -0.39 is 0 Å². The summed E-state index contributed by atoms with van der Waals surface area (Å²) in [4.78, 5) is 6.63. The second kappa shape index (κ2) is 7.22. The van der Waals surface area contributed by atoms with Gasteiger partial charge in [0.05, 0.1) is 6.61 Å². The van der Waals surface area contributed by atoms with Crippen LogP contribution in [0.5, 0.6) is 0 Å². The van der Waals surface area contributed by atoms with Gasteiger partial charge in [-0.05, 0) is 24.6 Å². The minimum atomic E-state index is 0.00794. The molecule has 0 spiro atoms.